The zero-order chi connectivity index (χ0) is 12.3. The highest BCUT2D eigenvalue weighted by Gasteiger charge is 2.29. The summed E-state index contributed by atoms with van der Waals surface area (Å²) < 4.78 is 5.10. The van der Waals surface area contributed by atoms with E-state index in [1.165, 1.54) is 0 Å². The van der Waals surface area contributed by atoms with E-state index in [0.717, 1.165) is 24.5 Å². The van der Waals surface area contributed by atoms with Crippen molar-refractivity contribution >= 4 is 11.6 Å². The second-order valence-corrected chi connectivity index (χ2v) is 4.16. The highest BCUT2D eigenvalue weighted by atomic mass is 16.5. The second kappa shape index (κ2) is 5.19. The molecule has 0 saturated carbocycles. The number of benzene rings is 1. The summed E-state index contributed by atoms with van der Waals surface area (Å²) in [7, 11) is 1.64. The van der Waals surface area contributed by atoms with Gasteiger partial charge in [-0.15, -0.1) is 0 Å². The largest absolute Gasteiger partial charge is 0.497 e. The number of amides is 1. The van der Waals surface area contributed by atoms with E-state index >= 15 is 0 Å². The zero-order valence-corrected chi connectivity index (χ0v) is 10.3. The van der Waals surface area contributed by atoms with Gasteiger partial charge in [0.2, 0.25) is 5.91 Å². The number of ether oxygens (including phenoxy) is 1. The van der Waals surface area contributed by atoms with Gasteiger partial charge in [-0.05, 0) is 30.8 Å². The minimum atomic E-state index is 0.182. The Hall–Kier alpha value is -1.55. The molecule has 17 heavy (non-hydrogen) atoms. The Morgan fingerprint density at radius 3 is 2.71 bits per heavy atom. The molecular weight excluding hydrogens is 216 g/mol. The SMILES string of the molecule is CCNC1CC(=O)N(c2ccc(OC)cc2)C1. The molecule has 4 nitrogen and oxygen atoms in total. The third-order valence-electron chi connectivity index (χ3n) is 3.00. The van der Waals surface area contributed by atoms with Gasteiger partial charge in [0.05, 0.1) is 7.11 Å². The van der Waals surface area contributed by atoms with Crippen LogP contribution in [0.4, 0.5) is 5.69 Å². The summed E-state index contributed by atoms with van der Waals surface area (Å²) in [5, 5.41) is 3.31. The van der Waals surface area contributed by atoms with Gasteiger partial charge >= 0.3 is 0 Å². The molecule has 1 aromatic rings. The van der Waals surface area contributed by atoms with E-state index in [2.05, 4.69) is 12.2 Å². The van der Waals surface area contributed by atoms with E-state index in [-0.39, 0.29) is 11.9 Å². The van der Waals surface area contributed by atoms with Gasteiger partial charge in [-0.25, -0.2) is 0 Å². The van der Waals surface area contributed by atoms with Crippen LogP contribution in [0.2, 0.25) is 0 Å². The molecule has 0 aliphatic carbocycles. The molecule has 1 heterocycles. The fourth-order valence-corrected chi connectivity index (χ4v) is 2.14. The first-order chi connectivity index (χ1) is 8.24. The van der Waals surface area contributed by atoms with E-state index in [0.29, 0.717) is 6.42 Å². The topological polar surface area (TPSA) is 41.6 Å². The minimum absolute atomic E-state index is 0.182. The van der Waals surface area contributed by atoms with Crippen LogP contribution in [0.1, 0.15) is 13.3 Å². The Morgan fingerprint density at radius 1 is 1.41 bits per heavy atom. The van der Waals surface area contributed by atoms with Gasteiger partial charge in [0, 0.05) is 24.7 Å². The van der Waals surface area contributed by atoms with E-state index in [1.54, 1.807) is 7.11 Å². The normalized spacial score (nSPS) is 19.8. The predicted octanol–water partition coefficient (Wildman–Crippen LogP) is 1.41. The number of likely N-dealkylation sites (N-methyl/N-ethyl adjacent to an activating group) is 1. The molecule has 0 bridgehead atoms. The fraction of sp³-hybridized carbons (Fsp3) is 0.462. The standard InChI is InChI=1S/C13H18N2O2/c1-3-14-10-8-13(16)15(9-10)11-4-6-12(17-2)7-5-11/h4-7,10,14H,3,8-9H2,1-2H3. The molecule has 1 fully saturated rings. The number of hydrogen-bond donors (Lipinski definition) is 1. The van der Waals surface area contributed by atoms with Crippen molar-refractivity contribution in [2.75, 3.05) is 25.1 Å². The van der Waals surface area contributed by atoms with Crippen LogP contribution in [-0.2, 0) is 4.79 Å². The summed E-state index contributed by atoms with van der Waals surface area (Å²) in [6.45, 7) is 3.70. The first-order valence-corrected chi connectivity index (χ1v) is 5.92. The molecule has 1 unspecified atom stereocenters. The first kappa shape index (κ1) is 11.9. The Morgan fingerprint density at radius 2 is 2.12 bits per heavy atom. The third kappa shape index (κ3) is 2.58. The average molecular weight is 234 g/mol. The summed E-state index contributed by atoms with van der Waals surface area (Å²) in [6, 6.07) is 7.87. The lowest BCUT2D eigenvalue weighted by Gasteiger charge is -2.17. The summed E-state index contributed by atoms with van der Waals surface area (Å²) in [5.41, 5.74) is 0.941. The highest BCUT2D eigenvalue weighted by molar-refractivity contribution is 5.96. The molecule has 1 aliphatic heterocycles. The Bertz CT molecular complexity index is 389. The number of hydrogen-bond acceptors (Lipinski definition) is 3. The van der Waals surface area contributed by atoms with Crippen LogP contribution in [0.25, 0.3) is 0 Å². The molecule has 0 aromatic heterocycles. The van der Waals surface area contributed by atoms with Gasteiger partial charge < -0.3 is 15.0 Å². The Kier molecular flexibility index (Phi) is 3.64. The molecule has 1 atom stereocenters. The van der Waals surface area contributed by atoms with Gasteiger partial charge in [-0.2, -0.15) is 0 Å². The fourth-order valence-electron chi connectivity index (χ4n) is 2.14. The van der Waals surface area contributed by atoms with Crippen molar-refractivity contribution in [3.8, 4) is 5.75 Å². The van der Waals surface area contributed by atoms with Crippen molar-refractivity contribution in [2.45, 2.75) is 19.4 Å². The van der Waals surface area contributed by atoms with Crippen molar-refractivity contribution in [3.63, 3.8) is 0 Å². The number of carbonyl (C=O) groups is 1. The summed E-state index contributed by atoms with van der Waals surface area (Å²) >= 11 is 0. The summed E-state index contributed by atoms with van der Waals surface area (Å²) in [5.74, 6) is 0.991. The number of rotatable bonds is 4. The maximum absolute atomic E-state index is 11.9. The molecule has 1 saturated heterocycles. The van der Waals surface area contributed by atoms with Crippen molar-refractivity contribution in [2.24, 2.45) is 0 Å². The Labute approximate surface area is 102 Å². The average Bonchev–Trinajstić information content (AvgIpc) is 2.71. The van der Waals surface area contributed by atoms with Gasteiger partial charge in [0.25, 0.3) is 0 Å². The van der Waals surface area contributed by atoms with Gasteiger partial charge in [-0.1, -0.05) is 6.92 Å². The monoisotopic (exact) mass is 234 g/mol. The highest BCUT2D eigenvalue weighted by Crippen LogP contribution is 2.23. The van der Waals surface area contributed by atoms with E-state index in [4.69, 9.17) is 4.74 Å². The van der Waals surface area contributed by atoms with Crippen molar-refractivity contribution < 1.29 is 9.53 Å². The van der Waals surface area contributed by atoms with Gasteiger partial charge in [0.15, 0.2) is 0 Å². The maximum Gasteiger partial charge on any atom is 0.228 e. The van der Waals surface area contributed by atoms with Gasteiger partial charge in [0.1, 0.15) is 5.75 Å². The molecule has 0 radical (unpaired) electrons. The van der Waals surface area contributed by atoms with Crippen LogP contribution in [0.3, 0.4) is 0 Å². The lowest BCUT2D eigenvalue weighted by molar-refractivity contribution is -0.117. The van der Waals surface area contributed by atoms with Crippen LogP contribution < -0.4 is 15.0 Å². The van der Waals surface area contributed by atoms with E-state index in [9.17, 15) is 4.79 Å². The maximum atomic E-state index is 11.9. The summed E-state index contributed by atoms with van der Waals surface area (Å²) in [6.07, 6.45) is 0.583. The lowest BCUT2D eigenvalue weighted by Crippen LogP contribution is -2.32. The second-order valence-electron chi connectivity index (χ2n) is 4.16. The molecule has 0 spiro atoms. The molecule has 1 amide bonds. The quantitative estimate of drug-likeness (QED) is 0.856. The number of nitrogens with one attached hydrogen (secondary N) is 1. The molecule has 1 aliphatic rings. The van der Waals surface area contributed by atoms with Crippen molar-refractivity contribution in [1.29, 1.82) is 0 Å². The van der Waals surface area contributed by atoms with Crippen LogP contribution in [0.5, 0.6) is 5.75 Å². The predicted molar refractivity (Wildman–Crippen MR) is 67.4 cm³/mol. The van der Waals surface area contributed by atoms with Gasteiger partial charge in [-0.3, -0.25) is 4.79 Å². The first-order valence-electron chi connectivity index (χ1n) is 5.92. The number of methoxy groups -OCH3 is 1. The van der Waals surface area contributed by atoms with E-state index in [1.807, 2.05) is 29.2 Å². The Balaban J connectivity index is 2.08. The molecule has 2 rings (SSSR count). The minimum Gasteiger partial charge on any atom is -0.497 e. The third-order valence-corrected chi connectivity index (χ3v) is 3.00. The number of anilines is 1. The molecule has 1 aromatic carbocycles. The lowest BCUT2D eigenvalue weighted by atomic mass is 10.2. The van der Waals surface area contributed by atoms with Crippen LogP contribution >= 0.6 is 0 Å². The molecule has 1 N–H and O–H groups in total. The molecular formula is C13H18N2O2. The number of carbonyl (C=O) groups excluding carboxylic acids is 1. The van der Waals surface area contributed by atoms with Crippen molar-refractivity contribution in [3.05, 3.63) is 24.3 Å². The van der Waals surface area contributed by atoms with Crippen LogP contribution in [0.15, 0.2) is 24.3 Å². The molecule has 4 heteroatoms. The summed E-state index contributed by atoms with van der Waals surface area (Å²) in [4.78, 5) is 13.7. The molecule has 92 valence electrons. The zero-order valence-electron chi connectivity index (χ0n) is 10.3. The van der Waals surface area contributed by atoms with Crippen LogP contribution in [0, 0.1) is 0 Å². The smallest absolute Gasteiger partial charge is 0.228 e. The van der Waals surface area contributed by atoms with E-state index < -0.39 is 0 Å². The van der Waals surface area contributed by atoms with Crippen molar-refractivity contribution in [1.82, 2.24) is 5.32 Å². The van der Waals surface area contributed by atoms with Crippen LogP contribution in [-0.4, -0.2) is 32.1 Å². The number of nitrogens with zero attached hydrogens (tertiary/aromatic N) is 1.